The Balaban J connectivity index is 0.000000263. The molecule has 0 amide bonds. The van der Waals surface area contributed by atoms with Crippen molar-refractivity contribution < 1.29 is 24.3 Å². The number of carbonyl (C=O) groups excluding carboxylic acids is 1. The normalized spacial score (nSPS) is 10.6. The number of rotatable bonds is 7. The summed E-state index contributed by atoms with van der Waals surface area (Å²) in [5.74, 6) is -2.40. The molecule has 140 valence electrons. The molecule has 1 N–H and O–H groups in total. The molecule has 0 unspecified atom stereocenters. The SMILES string of the molecule is CC[N+](CC)(CC)Cc1ccccc1.O=C([O-])c1ccc(C(=O)O)cc1. The van der Waals surface area contributed by atoms with Crippen molar-refractivity contribution in [1.82, 2.24) is 0 Å². The maximum atomic E-state index is 10.3. The van der Waals surface area contributed by atoms with E-state index < -0.39 is 11.9 Å². The predicted octanol–water partition coefficient (Wildman–Crippen LogP) is 2.81. The fourth-order valence-corrected chi connectivity index (χ4v) is 2.73. The number of carbonyl (C=O) groups is 2. The molecule has 2 aromatic carbocycles. The molecule has 0 atom stereocenters. The van der Waals surface area contributed by atoms with Gasteiger partial charge in [0.25, 0.3) is 0 Å². The zero-order valence-electron chi connectivity index (χ0n) is 15.6. The summed E-state index contributed by atoms with van der Waals surface area (Å²) in [6.07, 6.45) is 0. The number of nitrogens with zero attached hydrogens (tertiary/aromatic N) is 1. The van der Waals surface area contributed by atoms with Gasteiger partial charge in [0.1, 0.15) is 6.54 Å². The highest BCUT2D eigenvalue weighted by molar-refractivity contribution is 5.90. The standard InChI is InChI=1S/C13H22N.C8H6O4/c1-4-14(5-2,6-3)12-13-10-8-7-9-11-13;9-7(10)5-1-2-6(4-3-5)8(11)12/h7-11H,4-6,12H2,1-3H3;1-4H,(H,9,10)(H,11,12)/q+1;/p-1. The van der Waals surface area contributed by atoms with E-state index in [0.29, 0.717) is 0 Å². The Hall–Kier alpha value is -2.66. The van der Waals surface area contributed by atoms with E-state index in [9.17, 15) is 14.7 Å². The fraction of sp³-hybridized carbons (Fsp3) is 0.333. The number of quaternary nitrogens is 1. The van der Waals surface area contributed by atoms with E-state index in [-0.39, 0.29) is 11.1 Å². The van der Waals surface area contributed by atoms with Crippen molar-refractivity contribution >= 4 is 11.9 Å². The van der Waals surface area contributed by atoms with E-state index in [1.54, 1.807) is 0 Å². The lowest BCUT2D eigenvalue weighted by Gasteiger charge is -2.35. The molecule has 2 aromatic rings. The monoisotopic (exact) mass is 357 g/mol. The summed E-state index contributed by atoms with van der Waals surface area (Å²) < 4.78 is 1.20. The lowest BCUT2D eigenvalue weighted by molar-refractivity contribution is -0.936. The lowest BCUT2D eigenvalue weighted by Crippen LogP contribution is -2.46. The molecule has 26 heavy (non-hydrogen) atoms. The van der Waals surface area contributed by atoms with Crippen molar-refractivity contribution in [3.8, 4) is 0 Å². The highest BCUT2D eigenvalue weighted by Crippen LogP contribution is 2.13. The Labute approximate surface area is 155 Å². The van der Waals surface area contributed by atoms with E-state index in [1.165, 1.54) is 60.5 Å². The molecule has 0 radical (unpaired) electrons. The average molecular weight is 357 g/mol. The van der Waals surface area contributed by atoms with Crippen LogP contribution in [0.1, 0.15) is 47.1 Å². The molecular weight excluding hydrogens is 330 g/mol. The fourth-order valence-electron chi connectivity index (χ4n) is 2.73. The zero-order valence-corrected chi connectivity index (χ0v) is 15.6. The van der Waals surface area contributed by atoms with Crippen molar-refractivity contribution in [2.75, 3.05) is 19.6 Å². The molecule has 0 aliphatic carbocycles. The van der Waals surface area contributed by atoms with Gasteiger partial charge in [-0.15, -0.1) is 0 Å². The van der Waals surface area contributed by atoms with Crippen LogP contribution in [0.5, 0.6) is 0 Å². The van der Waals surface area contributed by atoms with Crippen molar-refractivity contribution in [2.45, 2.75) is 27.3 Å². The van der Waals surface area contributed by atoms with Crippen LogP contribution < -0.4 is 5.11 Å². The second kappa shape index (κ2) is 10.4. The van der Waals surface area contributed by atoms with Gasteiger partial charge in [0.05, 0.1) is 31.2 Å². The van der Waals surface area contributed by atoms with Gasteiger partial charge in [-0.1, -0.05) is 42.5 Å². The Morgan fingerprint density at radius 1 is 0.846 bits per heavy atom. The summed E-state index contributed by atoms with van der Waals surface area (Å²) in [5, 5.41) is 18.7. The minimum absolute atomic E-state index is 0.0278. The molecule has 0 saturated carbocycles. The van der Waals surface area contributed by atoms with Gasteiger partial charge in [0.2, 0.25) is 0 Å². The van der Waals surface area contributed by atoms with Crippen molar-refractivity contribution in [1.29, 1.82) is 0 Å². The summed E-state index contributed by atoms with van der Waals surface area (Å²) in [5.41, 5.74) is 1.48. The maximum absolute atomic E-state index is 10.3. The predicted molar refractivity (Wildman–Crippen MR) is 99.8 cm³/mol. The van der Waals surface area contributed by atoms with E-state index in [2.05, 4.69) is 51.1 Å². The van der Waals surface area contributed by atoms with Crippen LogP contribution in [0, 0.1) is 0 Å². The molecule has 5 nitrogen and oxygen atoms in total. The third kappa shape index (κ3) is 6.33. The molecule has 0 heterocycles. The molecule has 0 aliphatic rings. The first-order valence-electron chi connectivity index (χ1n) is 8.81. The first-order chi connectivity index (χ1) is 12.4. The average Bonchev–Trinajstić information content (AvgIpc) is 2.67. The summed E-state index contributed by atoms with van der Waals surface area (Å²) in [6.45, 7) is 11.7. The summed E-state index contributed by atoms with van der Waals surface area (Å²) >= 11 is 0. The third-order valence-electron chi connectivity index (χ3n) is 4.74. The molecule has 0 fully saturated rings. The van der Waals surface area contributed by atoms with Crippen molar-refractivity contribution in [2.24, 2.45) is 0 Å². The van der Waals surface area contributed by atoms with E-state index in [1.807, 2.05) is 0 Å². The van der Waals surface area contributed by atoms with E-state index in [4.69, 9.17) is 5.11 Å². The molecule has 0 saturated heterocycles. The third-order valence-corrected chi connectivity index (χ3v) is 4.74. The van der Waals surface area contributed by atoms with Crippen LogP contribution in [0.25, 0.3) is 0 Å². The largest absolute Gasteiger partial charge is 0.545 e. The number of hydrogen-bond acceptors (Lipinski definition) is 3. The molecular formula is C21H27NO4. The summed E-state index contributed by atoms with van der Waals surface area (Å²) in [4.78, 5) is 20.5. The Morgan fingerprint density at radius 2 is 1.31 bits per heavy atom. The van der Waals surface area contributed by atoms with Crippen LogP contribution in [-0.2, 0) is 6.54 Å². The summed E-state index contributed by atoms with van der Waals surface area (Å²) in [7, 11) is 0. The van der Waals surface area contributed by atoms with Gasteiger partial charge in [-0.05, 0) is 38.5 Å². The topological polar surface area (TPSA) is 77.4 Å². The number of aromatic carboxylic acids is 2. The van der Waals surface area contributed by atoms with Gasteiger partial charge in [-0.3, -0.25) is 0 Å². The molecule has 2 rings (SSSR count). The number of hydrogen-bond donors (Lipinski definition) is 1. The quantitative estimate of drug-likeness (QED) is 0.773. The van der Waals surface area contributed by atoms with Crippen molar-refractivity contribution in [3.63, 3.8) is 0 Å². The molecule has 5 heteroatoms. The van der Waals surface area contributed by atoms with E-state index in [0.717, 1.165) is 0 Å². The Bertz CT molecular complexity index is 650. The van der Waals surface area contributed by atoms with Crippen LogP contribution >= 0.6 is 0 Å². The Morgan fingerprint density at radius 3 is 1.69 bits per heavy atom. The minimum Gasteiger partial charge on any atom is -0.545 e. The van der Waals surface area contributed by atoms with E-state index >= 15 is 0 Å². The van der Waals surface area contributed by atoms with Crippen molar-refractivity contribution in [3.05, 3.63) is 71.3 Å². The lowest BCUT2D eigenvalue weighted by atomic mass is 10.1. The molecule has 0 spiro atoms. The second-order valence-electron chi connectivity index (χ2n) is 6.10. The smallest absolute Gasteiger partial charge is 0.335 e. The first kappa shape index (κ1) is 21.4. The number of benzene rings is 2. The molecule has 0 aromatic heterocycles. The van der Waals surface area contributed by atoms with Gasteiger partial charge >= 0.3 is 5.97 Å². The Kier molecular flexibility index (Phi) is 8.52. The highest BCUT2D eigenvalue weighted by atomic mass is 16.4. The minimum atomic E-state index is -1.31. The first-order valence-corrected chi connectivity index (χ1v) is 8.81. The van der Waals surface area contributed by atoms with Crippen LogP contribution in [0.15, 0.2) is 54.6 Å². The van der Waals surface area contributed by atoms with Gasteiger partial charge in [0, 0.05) is 5.56 Å². The van der Waals surface area contributed by atoms with Gasteiger partial charge < -0.3 is 19.5 Å². The van der Waals surface area contributed by atoms with Crippen LogP contribution in [0.3, 0.4) is 0 Å². The number of carboxylic acids is 2. The van der Waals surface area contributed by atoms with Crippen LogP contribution in [0.2, 0.25) is 0 Å². The van der Waals surface area contributed by atoms with Crippen LogP contribution in [0.4, 0.5) is 0 Å². The van der Waals surface area contributed by atoms with Gasteiger partial charge in [0.15, 0.2) is 0 Å². The zero-order chi connectivity index (χ0) is 19.6. The molecule has 0 bridgehead atoms. The second-order valence-corrected chi connectivity index (χ2v) is 6.10. The number of carboxylic acid groups (broad SMARTS) is 2. The highest BCUT2D eigenvalue weighted by Gasteiger charge is 2.20. The maximum Gasteiger partial charge on any atom is 0.335 e. The summed E-state index contributed by atoms with van der Waals surface area (Å²) in [6, 6.07) is 15.6. The van der Waals surface area contributed by atoms with Gasteiger partial charge in [-0.25, -0.2) is 4.79 Å². The molecule has 0 aliphatic heterocycles. The van der Waals surface area contributed by atoms with Gasteiger partial charge in [-0.2, -0.15) is 0 Å². The van der Waals surface area contributed by atoms with Crippen LogP contribution in [-0.4, -0.2) is 41.2 Å².